The van der Waals surface area contributed by atoms with Crippen molar-refractivity contribution in [1.82, 2.24) is 0 Å². The lowest BCUT2D eigenvalue weighted by Crippen LogP contribution is -2.13. The third kappa shape index (κ3) is 3.92. The predicted octanol–water partition coefficient (Wildman–Crippen LogP) is 3.22. The summed E-state index contributed by atoms with van der Waals surface area (Å²) in [5, 5.41) is 0. The largest absolute Gasteiger partial charge is 0.492 e. The van der Waals surface area contributed by atoms with Gasteiger partial charge in [0.05, 0.1) is 18.6 Å². The third-order valence-electron chi connectivity index (χ3n) is 1.91. The Kier molecular flexibility index (Phi) is 3.93. The van der Waals surface area contributed by atoms with Crippen LogP contribution in [0.2, 0.25) is 0 Å². The zero-order valence-electron chi connectivity index (χ0n) is 8.67. The molecule has 88 valence electrons. The molecule has 0 atom stereocenters. The molecule has 0 radical (unpaired) electrons. The van der Waals surface area contributed by atoms with Gasteiger partial charge in [-0.2, -0.15) is 13.2 Å². The van der Waals surface area contributed by atoms with Gasteiger partial charge in [0.15, 0.2) is 5.78 Å². The quantitative estimate of drug-likeness (QED) is 0.745. The van der Waals surface area contributed by atoms with Crippen LogP contribution in [0, 0.1) is 0 Å². The minimum atomic E-state index is -4.24. The lowest BCUT2D eigenvalue weighted by Gasteiger charge is -2.10. The average molecular weight is 232 g/mol. The highest BCUT2D eigenvalue weighted by Crippen LogP contribution is 2.22. The molecule has 2 nitrogen and oxygen atoms in total. The number of Topliss-reactive ketones (excluding diaryl/α,β-unsaturated/α-hetero) is 1. The molecule has 0 aliphatic heterocycles. The molecule has 1 rings (SSSR count). The van der Waals surface area contributed by atoms with E-state index in [1.807, 2.05) is 0 Å². The molecular weight excluding hydrogens is 221 g/mol. The standard InChI is InChI=1S/C11H11F3O2/c1-8(15)9-4-2-3-5-10(9)16-7-6-11(12,13)14/h2-5H,6-7H2,1H3. The number of halogens is 3. The molecule has 0 N–H and O–H groups in total. The number of alkyl halides is 3. The fourth-order valence-electron chi connectivity index (χ4n) is 1.16. The molecule has 1 aromatic carbocycles. The molecule has 0 aliphatic carbocycles. The first-order valence-corrected chi connectivity index (χ1v) is 4.69. The molecule has 0 aliphatic rings. The Balaban J connectivity index is 2.64. The normalized spacial score (nSPS) is 11.2. The first kappa shape index (κ1) is 12.5. The average Bonchev–Trinajstić information content (AvgIpc) is 2.16. The Labute approximate surface area is 91.0 Å². The SMILES string of the molecule is CC(=O)c1ccccc1OCCC(F)(F)F. The van der Waals surface area contributed by atoms with Gasteiger partial charge in [0.25, 0.3) is 0 Å². The summed E-state index contributed by atoms with van der Waals surface area (Å²) in [6.45, 7) is 0.861. The summed E-state index contributed by atoms with van der Waals surface area (Å²) in [7, 11) is 0. The molecule has 0 unspecified atom stereocenters. The van der Waals surface area contributed by atoms with Crippen LogP contribution in [0.15, 0.2) is 24.3 Å². The lowest BCUT2D eigenvalue weighted by molar-refractivity contribution is -0.139. The van der Waals surface area contributed by atoms with Crippen molar-refractivity contribution in [1.29, 1.82) is 0 Å². The van der Waals surface area contributed by atoms with Crippen molar-refractivity contribution in [3.05, 3.63) is 29.8 Å². The maximum atomic E-state index is 11.9. The van der Waals surface area contributed by atoms with Crippen molar-refractivity contribution in [2.24, 2.45) is 0 Å². The van der Waals surface area contributed by atoms with Crippen molar-refractivity contribution < 1.29 is 22.7 Å². The van der Waals surface area contributed by atoms with Crippen LogP contribution < -0.4 is 4.74 Å². The molecule has 0 saturated heterocycles. The van der Waals surface area contributed by atoms with Crippen molar-refractivity contribution in [3.63, 3.8) is 0 Å². The maximum absolute atomic E-state index is 11.9. The van der Waals surface area contributed by atoms with Crippen LogP contribution in [0.1, 0.15) is 23.7 Å². The highest BCUT2D eigenvalue weighted by molar-refractivity contribution is 5.96. The summed E-state index contributed by atoms with van der Waals surface area (Å²) < 4.78 is 40.5. The molecule has 16 heavy (non-hydrogen) atoms. The number of para-hydroxylation sites is 1. The summed E-state index contributed by atoms with van der Waals surface area (Å²) in [6.07, 6.45) is -5.27. The molecule has 0 amide bonds. The zero-order chi connectivity index (χ0) is 12.2. The van der Waals surface area contributed by atoms with Gasteiger partial charge in [0.1, 0.15) is 5.75 Å². The number of carbonyl (C=O) groups is 1. The fourth-order valence-corrected chi connectivity index (χ4v) is 1.16. The van der Waals surface area contributed by atoms with Gasteiger partial charge >= 0.3 is 6.18 Å². The molecular formula is C11H11F3O2. The molecule has 0 spiro atoms. The van der Waals surface area contributed by atoms with Crippen LogP contribution >= 0.6 is 0 Å². The molecule has 0 bridgehead atoms. The van der Waals surface area contributed by atoms with Gasteiger partial charge in [-0.3, -0.25) is 4.79 Å². The third-order valence-corrected chi connectivity index (χ3v) is 1.91. The Bertz CT molecular complexity index is 372. The summed E-state index contributed by atoms with van der Waals surface area (Å²) in [5.41, 5.74) is 0.296. The number of rotatable bonds is 4. The lowest BCUT2D eigenvalue weighted by atomic mass is 10.1. The highest BCUT2D eigenvalue weighted by Gasteiger charge is 2.27. The Morgan fingerprint density at radius 2 is 1.94 bits per heavy atom. The van der Waals surface area contributed by atoms with Gasteiger partial charge in [-0.05, 0) is 19.1 Å². The van der Waals surface area contributed by atoms with Gasteiger partial charge < -0.3 is 4.74 Å². The van der Waals surface area contributed by atoms with Crippen molar-refractivity contribution in [2.45, 2.75) is 19.5 Å². The highest BCUT2D eigenvalue weighted by atomic mass is 19.4. The number of hydrogen-bond acceptors (Lipinski definition) is 2. The van der Waals surface area contributed by atoms with E-state index in [-0.39, 0.29) is 11.5 Å². The van der Waals surface area contributed by atoms with Gasteiger partial charge in [-0.25, -0.2) is 0 Å². The van der Waals surface area contributed by atoms with Crippen molar-refractivity contribution in [3.8, 4) is 5.75 Å². The number of carbonyl (C=O) groups excluding carboxylic acids is 1. The van der Waals surface area contributed by atoms with Crippen LogP contribution in [0.4, 0.5) is 13.2 Å². The van der Waals surface area contributed by atoms with Crippen LogP contribution in [0.25, 0.3) is 0 Å². The molecule has 0 aromatic heterocycles. The second-order valence-electron chi connectivity index (χ2n) is 3.27. The second kappa shape index (κ2) is 5.01. The van der Waals surface area contributed by atoms with Gasteiger partial charge in [-0.15, -0.1) is 0 Å². The van der Waals surface area contributed by atoms with E-state index in [0.717, 1.165) is 0 Å². The van der Waals surface area contributed by atoms with E-state index >= 15 is 0 Å². The predicted molar refractivity (Wildman–Crippen MR) is 52.6 cm³/mol. The minimum Gasteiger partial charge on any atom is -0.492 e. The second-order valence-corrected chi connectivity index (χ2v) is 3.27. The molecule has 0 fully saturated rings. The van der Waals surface area contributed by atoms with E-state index in [4.69, 9.17) is 4.74 Å². The van der Waals surface area contributed by atoms with Crippen molar-refractivity contribution >= 4 is 5.78 Å². The van der Waals surface area contributed by atoms with Gasteiger partial charge in [0, 0.05) is 0 Å². The monoisotopic (exact) mass is 232 g/mol. The van der Waals surface area contributed by atoms with Crippen LogP contribution in [0.5, 0.6) is 5.75 Å². The van der Waals surface area contributed by atoms with Crippen LogP contribution in [-0.4, -0.2) is 18.6 Å². The summed E-state index contributed by atoms with van der Waals surface area (Å²) in [6, 6.07) is 6.24. The Morgan fingerprint density at radius 1 is 1.31 bits per heavy atom. The van der Waals surface area contributed by atoms with E-state index in [0.29, 0.717) is 5.56 Å². The number of ether oxygens (including phenoxy) is 1. The van der Waals surface area contributed by atoms with Crippen molar-refractivity contribution in [2.75, 3.05) is 6.61 Å². The summed E-state index contributed by atoms with van der Waals surface area (Å²) >= 11 is 0. The topological polar surface area (TPSA) is 26.3 Å². The first-order valence-electron chi connectivity index (χ1n) is 4.69. The van der Waals surface area contributed by atoms with E-state index in [1.165, 1.54) is 19.1 Å². The van der Waals surface area contributed by atoms with Gasteiger partial charge in [-0.1, -0.05) is 12.1 Å². The van der Waals surface area contributed by atoms with Crippen LogP contribution in [0.3, 0.4) is 0 Å². The number of benzene rings is 1. The number of ketones is 1. The van der Waals surface area contributed by atoms with E-state index < -0.39 is 19.2 Å². The Hall–Kier alpha value is -1.52. The Morgan fingerprint density at radius 3 is 2.50 bits per heavy atom. The van der Waals surface area contributed by atoms with E-state index in [2.05, 4.69) is 0 Å². The summed E-state index contributed by atoms with van der Waals surface area (Å²) in [4.78, 5) is 11.1. The molecule has 0 heterocycles. The fraction of sp³-hybridized carbons (Fsp3) is 0.364. The first-order chi connectivity index (χ1) is 7.40. The van der Waals surface area contributed by atoms with Gasteiger partial charge in [0.2, 0.25) is 0 Å². The van der Waals surface area contributed by atoms with Crippen LogP contribution in [-0.2, 0) is 0 Å². The minimum absolute atomic E-state index is 0.194. The van der Waals surface area contributed by atoms with E-state index in [9.17, 15) is 18.0 Å². The van der Waals surface area contributed by atoms with E-state index in [1.54, 1.807) is 12.1 Å². The molecule has 0 saturated carbocycles. The maximum Gasteiger partial charge on any atom is 0.392 e. The smallest absolute Gasteiger partial charge is 0.392 e. The molecule has 5 heteroatoms. The molecule has 1 aromatic rings. The summed E-state index contributed by atoms with van der Waals surface area (Å²) in [5.74, 6) is -0.0399. The number of hydrogen-bond donors (Lipinski definition) is 0. The zero-order valence-corrected chi connectivity index (χ0v) is 8.67.